The lowest BCUT2D eigenvalue weighted by atomic mass is 10.1. The van der Waals surface area contributed by atoms with Crippen LogP contribution in [-0.2, 0) is 11.2 Å². The molecular weight excluding hydrogens is 360 g/mol. The van der Waals surface area contributed by atoms with Crippen molar-refractivity contribution in [2.75, 3.05) is 21.3 Å². The van der Waals surface area contributed by atoms with Gasteiger partial charge in [-0.15, -0.1) is 0 Å². The van der Waals surface area contributed by atoms with Crippen LogP contribution < -0.4 is 25.1 Å². The van der Waals surface area contributed by atoms with Crippen LogP contribution in [0.5, 0.6) is 17.2 Å². The highest BCUT2D eigenvalue weighted by atomic mass is 16.5. The van der Waals surface area contributed by atoms with E-state index in [-0.39, 0.29) is 18.2 Å². The van der Waals surface area contributed by atoms with Gasteiger partial charge in [0.1, 0.15) is 0 Å². The van der Waals surface area contributed by atoms with Gasteiger partial charge in [0.15, 0.2) is 11.5 Å². The lowest BCUT2D eigenvalue weighted by Crippen LogP contribution is -2.42. The molecule has 0 aliphatic carbocycles. The number of rotatable bonds is 7. The number of aryl methyl sites for hydroxylation is 3. The molecule has 0 atom stereocenters. The van der Waals surface area contributed by atoms with E-state index in [1.165, 1.54) is 21.3 Å². The summed E-state index contributed by atoms with van der Waals surface area (Å²) in [5.41, 5.74) is 8.20. The minimum Gasteiger partial charge on any atom is -0.493 e. The minimum atomic E-state index is -0.348. The van der Waals surface area contributed by atoms with Crippen molar-refractivity contribution in [1.82, 2.24) is 10.9 Å². The van der Waals surface area contributed by atoms with Crippen LogP contribution >= 0.6 is 0 Å². The molecule has 0 saturated carbocycles. The third-order valence-corrected chi connectivity index (χ3v) is 4.31. The number of carbonyl (C=O) groups excluding carboxylic acids is 2. The number of hydrazine groups is 1. The Hall–Kier alpha value is -3.22. The molecule has 7 nitrogen and oxygen atoms in total. The Morgan fingerprint density at radius 1 is 0.893 bits per heavy atom. The molecule has 0 heterocycles. The van der Waals surface area contributed by atoms with E-state index in [4.69, 9.17) is 14.2 Å². The monoisotopic (exact) mass is 386 g/mol. The summed E-state index contributed by atoms with van der Waals surface area (Å²) in [6, 6.07) is 9.10. The SMILES string of the molecule is COc1cc(CCC(=O)NNC(=O)c2ccc(C)cc2C)cc(OC)c1OC. The Bertz CT molecular complexity index is 839. The van der Waals surface area contributed by atoms with Gasteiger partial charge in [-0.2, -0.15) is 0 Å². The molecule has 7 heteroatoms. The van der Waals surface area contributed by atoms with Crippen molar-refractivity contribution in [2.45, 2.75) is 26.7 Å². The van der Waals surface area contributed by atoms with Crippen LogP contribution in [0.25, 0.3) is 0 Å². The lowest BCUT2D eigenvalue weighted by molar-refractivity contribution is -0.121. The fourth-order valence-corrected chi connectivity index (χ4v) is 2.86. The fourth-order valence-electron chi connectivity index (χ4n) is 2.86. The Balaban J connectivity index is 1.94. The zero-order valence-electron chi connectivity index (χ0n) is 16.8. The highest BCUT2D eigenvalue weighted by Gasteiger charge is 2.14. The molecular formula is C21H26N2O5. The molecule has 2 aromatic rings. The van der Waals surface area contributed by atoms with E-state index < -0.39 is 0 Å². The number of amides is 2. The van der Waals surface area contributed by atoms with E-state index in [0.717, 1.165) is 16.7 Å². The molecule has 2 N–H and O–H groups in total. The summed E-state index contributed by atoms with van der Waals surface area (Å²) in [5, 5.41) is 0. The maximum Gasteiger partial charge on any atom is 0.269 e. The van der Waals surface area contributed by atoms with Gasteiger partial charge in [-0.3, -0.25) is 20.4 Å². The van der Waals surface area contributed by atoms with E-state index in [1.807, 2.05) is 26.0 Å². The van der Waals surface area contributed by atoms with E-state index in [1.54, 1.807) is 18.2 Å². The van der Waals surface area contributed by atoms with Gasteiger partial charge in [0.2, 0.25) is 11.7 Å². The standard InChI is InChI=1S/C21H26N2O5/c1-13-6-8-16(14(2)10-13)21(25)23-22-19(24)9-7-15-11-17(26-3)20(28-5)18(12-15)27-4/h6,8,10-12H,7,9H2,1-5H3,(H,22,24)(H,23,25). The molecule has 0 spiro atoms. The predicted molar refractivity (Wildman–Crippen MR) is 106 cm³/mol. The first-order valence-electron chi connectivity index (χ1n) is 8.85. The molecule has 0 unspecified atom stereocenters. The van der Waals surface area contributed by atoms with Crippen LogP contribution in [-0.4, -0.2) is 33.1 Å². The van der Waals surface area contributed by atoms with Crippen LogP contribution in [0.4, 0.5) is 0 Å². The van der Waals surface area contributed by atoms with Gasteiger partial charge in [0.05, 0.1) is 21.3 Å². The van der Waals surface area contributed by atoms with E-state index >= 15 is 0 Å². The summed E-state index contributed by atoms with van der Waals surface area (Å²) in [6.07, 6.45) is 0.633. The zero-order valence-corrected chi connectivity index (χ0v) is 16.8. The normalized spacial score (nSPS) is 10.2. The van der Waals surface area contributed by atoms with E-state index in [0.29, 0.717) is 29.2 Å². The predicted octanol–water partition coefficient (Wildman–Crippen LogP) is 2.72. The van der Waals surface area contributed by atoms with Crippen molar-refractivity contribution < 1.29 is 23.8 Å². The second kappa shape index (κ2) is 9.64. The Morgan fingerprint density at radius 2 is 1.54 bits per heavy atom. The van der Waals surface area contributed by atoms with Crippen molar-refractivity contribution in [2.24, 2.45) is 0 Å². The highest BCUT2D eigenvalue weighted by Crippen LogP contribution is 2.38. The number of carbonyl (C=O) groups is 2. The van der Waals surface area contributed by atoms with Crippen LogP contribution in [0.2, 0.25) is 0 Å². The first kappa shape index (κ1) is 21.1. The van der Waals surface area contributed by atoms with Crippen molar-refractivity contribution >= 4 is 11.8 Å². The molecule has 0 aromatic heterocycles. The second-order valence-electron chi connectivity index (χ2n) is 6.35. The summed E-state index contributed by atoms with van der Waals surface area (Å²) in [6.45, 7) is 3.81. The molecule has 0 bridgehead atoms. The maximum atomic E-state index is 12.2. The van der Waals surface area contributed by atoms with Gasteiger partial charge >= 0.3 is 0 Å². The maximum absolute atomic E-state index is 12.2. The molecule has 2 aromatic carbocycles. The molecule has 2 amide bonds. The van der Waals surface area contributed by atoms with Crippen LogP contribution in [0.3, 0.4) is 0 Å². The lowest BCUT2D eigenvalue weighted by Gasteiger charge is -2.14. The Kier molecular flexibility index (Phi) is 7.26. The quantitative estimate of drug-likeness (QED) is 0.715. The Morgan fingerprint density at radius 3 is 2.07 bits per heavy atom. The average molecular weight is 386 g/mol. The largest absolute Gasteiger partial charge is 0.493 e. The van der Waals surface area contributed by atoms with Crippen molar-refractivity contribution in [1.29, 1.82) is 0 Å². The van der Waals surface area contributed by atoms with Crippen LogP contribution in [0, 0.1) is 13.8 Å². The van der Waals surface area contributed by atoms with Gasteiger partial charge in [-0.1, -0.05) is 17.7 Å². The second-order valence-corrected chi connectivity index (χ2v) is 6.35. The number of nitrogens with one attached hydrogen (secondary N) is 2. The number of benzene rings is 2. The first-order valence-corrected chi connectivity index (χ1v) is 8.85. The third kappa shape index (κ3) is 5.16. The smallest absolute Gasteiger partial charge is 0.269 e. The highest BCUT2D eigenvalue weighted by molar-refractivity contribution is 5.96. The molecule has 2 rings (SSSR count). The minimum absolute atomic E-state index is 0.186. The molecule has 0 aliphatic heterocycles. The fraction of sp³-hybridized carbons (Fsp3) is 0.333. The van der Waals surface area contributed by atoms with Crippen LogP contribution in [0.1, 0.15) is 33.5 Å². The summed E-state index contributed by atoms with van der Waals surface area (Å²) >= 11 is 0. The molecule has 0 radical (unpaired) electrons. The van der Waals surface area contributed by atoms with Gasteiger partial charge in [0.25, 0.3) is 5.91 Å². The number of methoxy groups -OCH3 is 3. The third-order valence-electron chi connectivity index (χ3n) is 4.31. The van der Waals surface area contributed by atoms with Gasteiger partial charge in [-0.05, 0) is 49.6 Å². The summed E-state index contributed by atoms with van der Waals surface area (Å²) in [7, 11) is 4.61. The topological polar surface area (TPSA) is 85.9 Å². The van der Waals surface area contributed by atoms with E-state index in [2.05, 4.69) is 10.9 Å². The van der Waals surface area contributed by atoms with Crippen molar-refractivity contribution in [3.63, 3.8) is 0 Å². The Labute approximate surface area is 165 Å². The molecule has 28 heavy (non-hydrogen) atoms. The van der Waals surface area contributed by atoms with Gasteiger partial charge in [0, 0.05) is 12.0 Å². The van der Waals surface area contributed by atoms with E-state index in [9.17, 15) is 9.59 Å². The molecule has 0 fully saturated rings. The average Bonchev–Trinajstić information content (AvgIpc) is 2.69. The van der Waals surface area contributed by atoms with Crippen molar-refractivity contribution in [3.05, 3.63) is 52.6 Å². The number of hydrogen-bond donors (Lipinski definition) is 2. The first-order chi connectivity index (χ1) is 13.4. The number of ether oxygens (including phenoxy) is 3. The molecule has 0 aliphatic rings. The zero-order chi connectivity index (χ0) is 20.7. The van der Waals surface area contributed by atoms with Gasteiger partial charge < -0.3 is 14.2 Å². The van der Waals surface area contributed by atoms with Crippen LogP contribution in [0.15, 0.2) is 30.3 Å². The summed E-state index contributed by atoms with van der Waals surface area (Å²) in [4.78, 5) is 24.3. The molecule has 150 valence electrons. The van der Waals surface area contributed by atoms with Gasteiger partial charge in [-0.25, -0.2) is 0 Å². The van der Waals surface area contributed by atoms with Crippen molar-refractivity contribution in [3.8, 4) is 17.2 Å². The summed E-state index contributed by atoms with van der Waals surface area (Å²) < 4.78 is 15.9. The summed E-state index contributed by atoms with van der Waals surface area (Å²) in [5.74, 6) is 0.908. The molecule has 0 saturated heterocycles. The number of hydrogen-bond acceptors (Lipinski definition) is 5.